The number of hydrogen-bond donors (Lipinski definition) is 1. The molecule has 0 aromatic rings. The Morgan fingerprint density at radius 2 is 1.80 bits per heavy atom. The summed E-state index contributed by atoms with van der Waals surface area (Å²) in [5.41, 5.74) is 0. The summed E-state index contributed by atoms with van der Waals surface area (Å²) >= 11 is 0. The van der Waals surface area contributed by atoms with E-state index in [1.165, 1.54) is 45.1 Å². The SMILES string of the molecule is CCNCC(C)CC1CCCCC1CC. The highest BCUT2D eigenvalue weighted by Crippen LogP contribution is 2.35. The van der Waals surface area contributed by atoms with Gasteiger partial charge >= 0.3 is 0 Å². The van der Waals surface area contributed by atoms with Gasteiger partial charge in [0.15, 0.2) is 0 Å². The minimum absolute atomic E-state index is 0.863. The molecule has 1 N–H and O–H groups in total. The quantitative estimate of drug-likeness (QED) is 0.704. The second-order valence-electron chi connectivity index (χ2n) is 5.36. The lowest BCUT2D eigenvalue weighted by Crippen LogP contribution is -2.26. The third-order valence-corrected chi connectivity index (χ3v) is 4.04. The van der Waals surface area contributed by atoms with Crippen molar-refractivity contribution in [2.45, 2.75) is 59.3 Å². The summed E-state index contributed by atoms with van der Waals surface area (Å²) in [5, 5.41) is 3.47. The molecule has 0 heterocycles. The van der Waals surface area contributed by atoms with Gasteiger partial charge in [0.05, 0.1) is 0 Å². The summed E-state index contributed by atoms with van der Waals surface area (Å²) in [6, 6.07) is 0. The lowest BCUT2D eigenvalue weighted by Gasteiger charge is -2.32. The van der Waals surface area contributed by atoms with Crippen molar-refractivity contribution < 1.29 is 0 Å². The molecule has 1 nitrogen and oxygen atoms in total. The molecule has 0 saturated heterocycles. The van der Waals surface area contributed by atoms with Gasteiger partial charge in [-0.15, -0.1) is 0 Å². The van der Waals surface area contributed by atoms with Crippen LogP contribution in [-0.4, -0.2) is 13.1 Å². The van der Waals surface area contributed by atoms with Crippen LogP contribution >= 0.6 is 0 Å². The largest absolute Gasteiger partial charge is 0.317 e. The maximum Gasteiger partial charge on any atom is -0.00232 e. The highest BCUT2D eigenvalue weighted by atomic mass is 14.8. The molecule has 1 saturated carbocycles. The van der Waals surface area contributed by atoms with Crippen LogP contribution in [0.25, 0.3) is 0 Å². The third kappa shape index (κ3) is 4.55. The molecule has 0 spiro atoms. The van der Waals surface area contributed by atoms with Crippen LogP contribution in [0.3, 0.4) is 0 Å². The van der Waals surface area contributed by atoms with E-state index in [-0.39, 0.29) is 0 Å². The van der Waals surface area contributed by atoms with E-state index in [1.807, 2.05) is 0 Å². The average Bonchev–Trinajstić information content (AvgIpc) is 2.27. The Morgan fingerprint density at radius 3 is 2.40 bits per heavy atom. The van der Waals surface area contributed by atoms with Gasteiger partial charge in [-0.3, -0.25) is 0 Å². The maximum atomic E-state index is 3.47. The van der Waals surface area contributed by atoms with Gasteiger partial charge in [0.2, 0.25) is 0 Å². The van der Waals surface area contributed by atoms with Gasteiger partial charge in [0.1, 0.15) is 0 Å². The molecule has 3 atom stereocenters. The number of nitrogens with one attached hydrogen (secondary N) is 1. The molecule has 1 aliphatic rings. The zero-order valence-corrected chi connectivity index (χ0v) is 10.9. The maximum absolute atomic E-state index is 3.47. The molecule has 0 aromatic heterocycles. The van der Waals surface area contributed by atoms with Crippen LogP contribution < -0.4 is 5.32 Å². The minimum Gasteiger partial charge on any atom is -0.317 e. The van der Waals surface area contributed by atoms with Crippen molar-refractivity contribution in [3.8, 4) is 0 Å². The van der Waals surface area contributed by atoms with Crippen LogP contribution in [0.15, 0.2) is 0 Å². The molecule has 1 heteroatoms. The van der Waals surface area contributed by atoms with Crippen molar-refractivity contribution in [1.29, 1.82) is 0 Å². The first-order valence-electron chi connectivity index (χ1n) is 6.98. The molecule has 0 aliphatic heterocycles. The van der Waals surface area contributed by atoms with E-state index < -0.39 is 0 Å². The van der Waals surface area contributed by atoms with Crippen molar-refractivity contribution in [2.24, 2.45) is 17.8 Å². The number of hydrogen-bond acceptors (Lipinski definition) is 1. The topological polar surface area (TPSA) is 12.0 Å². The Morgan fingerprint density at radius 1 is 1.13 bits per heavy atom. The monoisotopic (exact) mass is 211 g/mol. The molecular weight excluding hydrogens is 182 g/mol. The number of rotatable bonds is 6. The molecular formula is C14H29N. The predicted molar refractivity (Wildman–Crippen MR) is 68.1 cm³/mol. The van der Waals surface area contributed by atoms with Gasteiger partial charge in [-0.25, -0.2) is 0 Å². The zero-order valence-electron chi connectivity index (χ0n) is 10.9. The van der Waals surface area contributed by atoms with E-state index in [2.05, 4.69) is 26.1 Å². The van der Waals surface area contributed by atoms with Crippen molar-refractivity contribution in [3.63, 3.8) is 0 Å². The van der Waals surface area contributed by atoms with Gasteiger partial charge in [-0.2, -0.15) is 0 Å². The van der Waals surface area contributed by atoms with E-state index in [0.29, 0.717) is 0 Å². The summed E-state index contributed by atoms with van der Waals surface area (Å²) in [6.45, 7) is 9.31. The second-order valence-corrected chi connectivity index (χ2v) is 5.36. The predicted octanol–water partition coefficient (Wildman–Crippen LogP) is 3.84. The lowest BCUT2D eigenvalue weighted by molar-refractivity contribution is 0.194. The van der Waals surface area contributed by atoms with E-state index in [1.54, 1.807) is 0 Å². The molecule has 1 aliphatic carbocycles. The molecule has 15 heavy (non-hydrogen) atoms. The summed E-state index contributed by atoms with van der Waals surface area (Å²) in [6.07, 6.45) is 8.81. The summed E-state index contributed by atoms with van der Waals surface area (Å²) < 4.78 is 0. The zero-order chi connectivity index (χ0) is 11.1. The van der Waals surface area contributed by atoms with E-state index in [0.717, 1.165) is 24.3 Å². The van der Waals surface area contributed by atoms with Crippen LogP contribution in [-0.2, 0) is 0 Å². The minimum atomic E-state index is 0.863. The summed E-state index contributed by atoms with van der Waals surface area (Å²) in [5.74, 6) is 2.92. The molecule has 0 bridgehead atoms. The Balaban J connectivity index is 2.27. The highest BCUT2D eigenvalue weighted by Gasteiger charge is 2.24. The highest BCUT2D eigenvalue weighted by molar-refractivity contribution is 4.76. The van der Waals surface area contributed by atoms with Crippen LogP contribution in [0.2, 0.25) is 0 Å². The Hall–Kier alpha value is -0.0400. The van der Waals surface area contributed by atoms with Gasteiger partial charge in [0.25, 0.3) is 0 Å². The van der Waals surface area contributed by atoms with E-state index >= 15 is 0 Å². The fourth-order valence-corrected chi connectivity index (χ4v) is 3.12. The van der Waals surface area contributed by atoms with E-state index in [9.17, 15) is 0 Å². The fraction of sp³-hybridized carbons (Fsp3) is 1.00. The first kappa shape index (κ1) is 13.0. The fourth-order valence-electron chi connectivity index (χ4n) is 3.12. The summed E-state index contributed by atoms with van der Waals surface area (Å²) in [4.78, 5) is 0. The van der Waals surface area contributed by atoms with Crippen molar-refractivity contribution in [2.75, 3.05) is 13.1 Å². The first-order chi connectivity index (χ1) is 7.27. The molecule has 0 amide bonds. The molecule has 0 aromatic carbocycles. The average molecular weight is 211 g/mol. The van der Waals surface area contributed by atoms with Gasteiger partial charge < -0.3 is 5.32 Å². The lowest BCUT2D eigenvalue weighted by atomic mass is 9.74. The van der Waals surface area contributed by atoms with Gasteiger partial charge in [-0.1, -0.05) is 52.9 Å². The van der Waals surface area contributed by atoms with Crippen molar-refractivity contribution >= 4 is 0 Å². The van der Waals surface area contributed by atoms with Crippen molar-refractivity contribution in [1.82, 2.24) is 5.32 Å². The third-order valence-electron chi connectivity index (χ3n) is 4.04. The van der Waals surface area contributed by atoms with Crippen molar-refractivity contribution in [3.05, 3.63) is 0 Å². The summed E-state index contributed by atoms with van der Waals surface area (Å²) in [7, 11) is 0. The molecule has 90 valence electrons. The normalized spacial score (nSPS) is 29.0. The van der Waals surface area contributed by atoms with Crippen LogP contribution in [0, 0.1) is 17.8 Å². The van der Waals surface area contributed by atoms with Crippen LogP contribution in [0.1, 0.15) is 59.3 Å². The molecule has 1 fully saturated rings. The molecule has 3 unspecified atom stereocenters. The Bertz CT molecular complexity index is 155. The smallest absolute Gasteiger partial charge is 0.00232 e. The van der Waals surface area contributed by atoms with Gasteiger partial charge in [0, 0.05) is 0 Å². The standard InChI is InChI=1S/C14H29N/c1-4-13-8-6-7-9-14(13)10-12(3)11-15-5-2/h12-15H,4-11H2,1-3H3. The second kappa shape index (κ2) is 7.27. The Labute approximate surface area is 96.0 Å². The molecule has 0 radical (unpaired) electrons. The van der Waals surface area contributed by atoms with Crippen LogP contribution in [0.4, 0.5) is 0 Å². The van der Waals surface area contributed by atoms with E-state index in [4.69, 9.17) is 0 Å². The van der Waals surface area contributed by atoms with Crippen LogP contribution in [0.5, 0.6) is 0 Å². The van der Waals surface area contributed by atoms with Gasteiger partial charge in [-0.05, 0) is 37.3 Å². The Kier molecular flexibility index (Phi) is 6.31. The molecule has 1 rings (SSSR count). The first-order valence-corrected chi connectivity index (χ1v) is 6.98.